The van der Waals surface area contributed by atoms with E-state index >= 15 is 0 Å². The summed E-state index contributed by atoms with van der Waals surface area (Å²) in [6.45, 7) is 40.1. The van der Waals surface area contributed by atoms with Crippen LogP contribution in [0.5, 0.6) is 5.75 Å². The molecule has 0 aliphatic carbocycles. The Morgan fingerprint density at radius 1 is 0.627 bits per heavy atom. The normalized spacial score (nSPS) is 15.6. The van der Waals surface area contributed by atoms with Crippen LogP contribution in [0.1, 0.15) is 134 Å². The predicted octanol–water partition coefficient (Wildman–Crippen LogP) is 16.1. The van der Waals surface area contributed by atoms with Gasteiger partial charge in [0.1, 0.15) is 5.75 Å². The van der Waals surface area contributed by atoms with E-state index in [2.05, 4.69) is 202 Å². The van der Waals surface area contributed by atoms with Crippen molar-refractivity contribution in [2.75, 3.05) is 68.9 Å². The number of methoxy groups -OCH3 is 3. The third-order valence-electron chi connectivity index (χ3n) is 18.6. The number of thioether (sulfide) groups is 6. The van der Waals surface area contributed by atoms with Gasteiger partial charge >= 0.3 is 66.3 Å². The van der Waals surface area contributed by atoms with Crippen LogP contribution < -0.4 is 69.1 Å². The summed E-state index contributed by atoms with van der Waals surface area (Å²) < 4.78 is 13.9. The number of aliphatic carboxylic acids is 1. The van der Waals surface area contributed by atoms with Crippen LogP contribution in [0.15, 0.2) is 248 Å². The molecule has 126 heavy (non-hydrogen) atoms. The minimum absolute atomic E-state index is 0. The van der Waals surface area contributed by atoms with Crippen molar-refractivity contribution in [3.63, 3.8) is 0 Å². The van der Waals surface area contributed by atoms with Crippen LogP contribution in [0.2, 0.25) is 0 Å². The molecule has 5 aliphatic heterocycles. The first-order chi connectivity index (χ1) is 58.6. The summed E-state index contributed by atoms with van der Waals surface area (Å²) in [5.74, 6) is 6.14. The SMILES string of the molecule is C=C(C)C(=O)OC.C=CC(=O)Cl.C=CC(=O)N1Cc2cc(C)ccc2SC[C@@H]1C.COC(=O)C(C)CSc1ccc(C)cc1.COc1ccc(S)cc1.Cc1ccc(SCC(C)C(=O)O)cc1.Cc1ccc2c(c1)C(=O)C(C)CS2.Cc1ccc2c(c1)C(=O)NC(C)CS2.Cc1ccc2c(c1)CNC(C)CS2.[AlH3].[H-].[Li+].[N-]=[N+]=[N-].[Na+].c1ccc(CC2CCNCC2)cc1. The summed E-state index contributed by atoms with van der Waals surface area (Å²) in [4.78, 5) is 88.3. The number of carboxylic acid groups (broad SMARTS) is 1. The van der Waals surface area contributed by atoms with Crippen LogP contribution in [0.3, 0.4) is 0 Å². The van der Waals surface area contributed by atoms with Gasteiger partial charge in [-0.15, -0.1) is 83.2 Å². The Morgan fingerprint density at radius 2 is 1.07 bits per heavy atom. The van der Waals surface area contributed by atoms with Crippen molar-refractivity contribution in [2.24, 2.45) is 23.7 Å². The van der Waals surface area contributed by atoms with Gasteiger partial charge in [-0.2, -0.15) is 0 Å². The second-order valence-electron chi connectivity index (χ2n) is 29.8. The monoisotopic (exact) mass is 1880 g/mol. The molecule has 0 aromatic heterocycles. The van der Waals surface area contributed by atoms with Crippen LogP contribution in [0.4, 0.5) is 0 Å². The molecule has 6 atom stereocenters. The third kappa shape index (κ3) is 49.0. The number of ketones is 1. The molecule has 0 saturated carbocycles. The molecule has 4 N–H and O–H groups in total. The zero-order valence-electron chi connectivity index (χ0n) is 76.8. The number of halogens is 1. The molecule has 0 bridgehead atoms. The molecule has 1 fully saturated rings. The van der Waals surface area contributed by atoms with E-state index in [1.165, 1.54) is 123 Å². The van der Waals surface area contributed by atoms with E-state index < -0.39 is 11.2 Å². The second kappa shape index (κ2) is 67.7. The van der Waals surface area contributed by atoms with Crippen molar-refractivity contribution in [3.05, 3.63) is 291 Å². The van der Waals surface area contributed by atoms with Crippen LogP contribution in [0.25, 0.3) is 16.0 Å². The van der Waals surface area contributed by atoms with Gasteiger partial charge in [-0.05, 0) is 233 Å². The van der Waals surface area contributed by atoms with Crippen molar-refractivity contribution in [1.82, 2.24) is 20.9 Å². The smallest absolute Gasteiger partial charge is 1.00 e. The number of nitrogens with zero attached hydrogens (tertiary/aromatic N) is 4. The third-order valence-corrected chi connectivity index (χ3v) is 27.0. The molecule has 0 radical (unpaired) electrons. The Balaban J connectivity index is 0. The maximum absolute atomic E-state index is 11.8. The number of carboxylic acids is 1. The molecular weight excluding hydrogens is 1760 g/mol. The van der Waals surface area contributed by atoms with Gasteiger partial charge in [0.2, 0.25) is 11.1 Å². The average molecular weight is 1880 g/mol. The predicted molar refractivity (Wildman–Crippen MR) is 531 cm³/mol. The minimum Gasteiger partial charge on any atom is -1.00 e. The van der Waals surface area contributed by atoms with Crippen LogP contribution in [0, 0.1) is 65.2 Å². The largest absolute Gasteiger partial charge is 1.00 e. The van der Waals surface area contributed by atoms with Gasteiger partial charge in [0.15, 0.2) is 23.1 Å². The number of carbonyl (C=O) groups excluding carboxylic acids is 6. The molecule has 0 spiro atoms. The fraction of sp³-hybridized carbons (Fsp3) is 0.371. The summed E-state index contributed by atoms with van der Waals surface area (Å²) in [6.07, 6.45) is 6.40. The fourth-order valence-corrected chi connectivity index (χ4v) is 17.6. The zero-order valence-corrected chi connectivity index (χ0v) is 84.4. The Morgan fingerprint density at radius 3 is 1.55 bits per heavy atom. The van der Waals surface area contributed by atoms with Gasteiger partial charge in [-0.1, -0.05) is 165 Å². The zero-order chi connectivity index (χ0) is 91.5. The number of amides is 2. The number of piperidine rings is 1. The number of hydrogen-bond acceptors (Lipinski definition) is 19. The molecule has 29 heteroatoms. The molecule has 1 saturated heterocycles. The van der Waals surface area contributed by atoms with Gasteiger partial charge in [-0.25, -0.2) is 4.79 Å². The molecule has 5 aliphatic rings. The van der Waals surface area contributed by atoms with Gasteiger partial charge in [-0.3, -0.25) is 33.7 Å². The molecule has 13 rings (SSSR count). The number of Topliss-reactive ketones (excluding diaryl/α,β-unsaturated/α-hetero) is 1. The van der Waals surface area contributed by atoms with E-state index in [0.717, 1.165) is 83.6 Å². The number of ether oxygens (including phenoxy) is 3. The first-order valence-corrected chi connectivity index (χ1v) is 47.1. The molecule has 18 nitrogen and oxygen atoms in total. The number of aryl methyl sites for hydroxylation is 6. The Hall–Kier alpha value is -6.43. The van der Waals surface area contributed by atoms with Crippen LogP contribution in [-0.4, -0.2) is 155 Å². The van der Waals surface area contributed by atoms with Crippen molar-refractivity contribution in [1.29, 1.82) is 0 Å². The van der Waals surface area contributed by atoms with E-state index in [0.29, 0.717) is 29.7 Å². The number of nitrogens with one attached hydrogen (secondary N) is 3. The molecule has 5 unspecified atom stereocenters. The summed E-state index contributed by atoms with van der Waals surface area (Å²) >= 11 is 19.4. The van der Waals surface area contributed by atoms with Gasteiger partial charge in [0, 0.05) is 117 Å². The topological polar surface area (TPSA) is 265 Å². The van der Waals surface area contributed by atoms with Crippen LogP contribution >= 0.6 is 94.8 Å². The number of thiol groups is 1. The number of rotatable bonds is 14. The van der Waals surface area contributed by atoms with Gasteiger partial charge in [0.25, 0.3) is 5.91 Å². The standard InChI is InChI=1S/C14H17NOS.C12H17N.C12H16O2S.C11H13NOS.C11H15NS.C11H14O2S.C11H12OS.C7H8OS.C5H8O2.C3H3ClO.Al.Li.N3.Na.4H/c1-4-14(16)15-8-12-7-10(2)5-6-13(12)17-9-11(15)3;1-2-4-11(5-3-1)10-12-6-8-13-9-7-12;1-9-4-6-11(7-5-9)15-8-10(2)12(13)14-3;1-7-3-4-10-9(5-7)11(13)12-8(2)6-14-10;1-8-3-4-11-10(5-8)6-12-9(2)7-13-11;1-8-3-5-10(6-4-8)14-7-9(2)11(12)13;1-7-3-4-10-9(5-7)11(12)8(2)6-13-10;1-8-6-2-4-7(9)5-3-6;1-4(2)5(6)7-3;1-2-3(4)5;;;1-3-2;;;;;/h4-7,11H,1,8-9H2,2-3H3;1-5,12-13H,6-10H2;4-7,10H,8H2,1-3H3;3-5,8H,6H2,1-2H3,(H,12,13);3-5,9,12H,6-7H2,1-2H3;3-6,9H,7H2,1-2H3,(H,12,13);3-5,8H,6H2,1-2H3;2-5,9H,1H3;1H2,2-3H3;2H,1H2;;;;;;;;/q;;;;;;;;;;;+1;-1;+1;;;;-1/t11-;;;;;;;;;;;;;;;;;/m0................./s1. The van der Waals surface area contributed by atoms with Crippen LogP contribution in [-0.2, 0) is 53.0 Å². The number of fused-ring (bicyclic) bond motifs is 4. The average Bonchev–Trinajstić information content (AvgIpc) is 1.69. The molecule has 670 valence electrons. The maximum atomic E-state index is 11.8. The summed E-state index contributed by atoms with van der Waals surface area (Å²) in [5, 5.41) is 18.1. The van der Waals surface area contributed by atoms with E-state index in [1.807, 2.05) is 137 Å². The molecule has 8 aromatic carbocycles. The number of esters is 2. The first-order valence-electron chi connectivity index (χ1n) is 40.3. The van der Waals surface area contributed by atoms with Gasteiger partial charge < -0.3 is 52.7 Å². The number of hydrogen-bond donors (Lipinski definition) is 5. The summed E-state index contributed by atoms with van der Waals surface area (Å²) in [6, 6.07) is 61.2. The first kappa shape index (κ1) is 120. The minimum atomic E-state index is -0.732. The van der Waals surface area contributed by atoms with Crippen molar-refractivity contribution >= 4 is 153 Å². The van der Waals surface area contributed by atoms with Crippen molar-refractivity contribution in [2.45, 2.75) is 175 Å². The molecule has 2 amide bonds. The quantitative estimate of drug-likeness (QED) is 0.00779. The summed E-state index contributed by atoms with van der Waals surface area (Å²) in [7, 11) is 4.40. The Kier molecular flexibility index (Phi) is 64.3. The van der Waals surface area contributed by atoms with Crippen molar-refractivity contribution < 1.29 is 103 Å². The van der Waals surface area contributed by atoms with E-state index in [-0.39, 0.29) is 121 Å². The maximum Gasteiger partial charge on any atom is 1.00 e. The van der Waals surface area contributed by atoms with E-state index in [1.54, 1.807) is 68.0 Å². The summed E-state index contributed by atoms with van der Waals surface area (Å²) in [5.41, 5.74) is 27.2. The molecule has 8 aromatic rings. The Labute approximate surface area is 832 Å². The Bertz CT molecular complexity index is 4700. The number of allylic oxidation sites excluding steroid dienone is 1. The number of benzene rings is 8. The second-order valence-corrected chi connectivity index (χ2v) is 37.1. The molecule has 5 heterocycles. The number of carbonyl (C=O) groups is 7. The fourth-order valence-electron chi connectivity index (χ4n) is 11.4. The van der Waals surface area contributed by atoms with E-state index in [4.69, 9.17) is 32.5 Å². The van der Waals surface area contributed by atoms with Gasteiger partial charge in [0.05, 0.1) is 38.7 Å². The van der Waals surface area contributed by atoms with E-state index in [9.17, 15) is 33.6 Å². The van der Waals surface area contributed by atoms with Crippen molar-refractivity contribution in [3.8, 4) is 5.75 Å². The molecular formula is C97H127AlClLiN7NaO11S7.